The fraction of sp³-hybridized carbons (Fsp3) is 0.286. The van der Waals surface area contributed by atoms with Crippen LogP contribution < -0.4 is 0 Å². The van der Waals surface area contributed by atoms with E-state index in [0.717, 1.165) is 35.9 Å². The molecule has 0 spiro atoms. The van der Waals surface area contributed by atoms with Gasteiger partial charge in [-0.25, -0.2) is 0 Å². The number of rotatable bonds is 1. The first-order valence-corrected chi connectivity index (χ1v) is 8.77. The first-order chi connectivity index (χ1) is 11.8. The summed E-state index contributed by atoms with van der Waals surface area (Å²) in [5.74, 6) is 0.683. The van der Waals surface area contributed by atoms with Crippen molar-refractivity contribution < 1.29 is 4.79 Å². The van der Waals surface area contributed by atoms with Crippen molar-refractivity contribution in [3.63, 3.8) is 0 Å². The van der Waals surface area contributed by atoms with E-state index in [0.29, 0.717) is 12.0 Å². The first-order valence-electron chi connectivity index (χ1n) is 8.77. The van der Waals surface area contributed by atoms with Crippen LogP contribution in [0.3, 0.4) is 0 Å². The number of carbonyl (C=O) groups is 1. The zero-order valence-electron chi connectivity index (χ0n) is 13.5. The number of carbonyl (C=O) groups excluding carboxylic acids is 1. The Balaban J connectivity index is 1.49. The molecule has 5 rings (SSSR count). The second-order valence-electron chi connectivity index (χ2n) is 7.00. The number of amides is 1. The molecule has 3 aromatic rings. The van der Waals surface area contributed by atoms with Crippen LogP contribution in [-0.2, 0) is 6.42 Å². The monoisotopic (exact) mass is 316 g/mol. The Bertz CT molecular complexity index is 926. The van der Waals surface area contributed by atoms with Gasteiger partial charge in [-0.05, 0) is 54.0 Å². The summed E-state index contributed by atoms with van der Waals surface area (Å²) in [7, 11) is 0. The van der Waals surface area contributed by atoms with Gasteiger partial charge in [0.05, 0.1) is 0 Å². The smallest absolute Gasteiger partial charge is 0.254 e. The van der Waals surface area contributed by atoms with Crippen LogP contribution in [0, 0.1) is 0 Å². The standard InChI is InChI=1S/C21H20N2O/c24-21(16-8-7-14-9-10-22-19(14)12-16)23-11-3-6-18-17-5-2-1-4-15(17)13-20(18)23/h1-2,4-5,7-10,12,18,20,22H,3,6,11,13H2/t18-,20+/m1/s1. The van der Waals surface area contributed by atoms with Crippen molar-refractivity contribution >= 4 is 16.8 Å². The van der Waals surface area contributed by atoms with Gasteiger partial charge in [0.25, 0.3) is 5.91 Å². The largest absolute Gasteiger partial charge is 0.361 e. The van der Waals surface area contributed by atoms with Crippen molar-refractivity contribution in [2.45, 2.75) is 31.2 Å². The van der Waals surface area contributed by atoms with Crippen molar-refractivity contribution in [1.82, 2.24) is 9.88 Å². The Morgan fingerprint density at radius 1 is 1.12 bits per heavy atom. The molecule has 0 unspecified atom stereocenters. The molecule has 3 nitrogen and oxygen atoms in total. The highest BCUT2D eigenvalue weighted by atomic mass is 16.2. The number of likely N-dealkylation sites (tertiary alicyclic amines) is 1. The lowest BCUT2D eigenvalue weighted by atomic mass is 9.88. The van der Waals surface area contributed by atoms with Gasteiger partial charge in [-0.15, -0.1) is 0 Å². The summed E-state index contributed by atoms with van der Waals surface area (Å²) in [6.07, 6.45) is 5.20. The van der Waals surface area contributed by atoms with E-state index in [-0.39, 0.29) is 5.91 Å². The zero-order chi connectivity index (χ0) is 16.1. The molecule has 1 aliphatic carbocycles. The van der Waals surface area contributed by atoms with Gasteiger partial charge in [-0.3, -0.25) is 4.79 Å². The number of aromatic amines is 1. The summed E-state index contributed by atoms with van der Waals surface area (Å²) in [6, 6.07) is 17.1. The molecular weight excluding hydrogens is 296 g/mol. The Hall–Kier alpha value is -2.55. The minimum atomic E-state index is 0.175. The van der Waals surface area contributed by atoms with Gasteiger partial charge in [-0.1, -0.05) is 30.3 Å². The molecule has 2 atom stereocenters. The predicted octanol–water partition coefficient (Wildman–Crippen LogP) is 4.11. The summed E-state index contributed by atoms with van der Waals surface area (Å²) in [6.45, 7) is 0.872. The Labute approximate surface area is 141 Å². The maximum absolute atomic E-state index is 13.2. The van der Waals surface area contributed by atoms with Gasteiger partial charge in [0.15, 0.2) is 0 Å². The van der Waals surface area contributed by atoms with Gasteiger partial charge in [0, 0.05) is 35.8 Å². The number of hydrogen-bond donors (Lipinski definition) is 1. The molecule has 120 valence electrons. The summed E-state index contributed by atoms with van der Waals surface area (Å²) in [4.78, 5) is 18.5. The maximum atomic E-state index is 13.2. The lowest BCUT2D eigenvalue weighted by Gasteiger charge is -2.38. The molecule has 0 saturated carbocycles. The molecule has 1 N–H and O–H groups in total. The van der Waals surface area contributed by atoms with Crippen LogP contribution in [-0.4, -0.2) is 28.4 Å². The Morgan fingerprint density at radius 2 is 2.04 bits per heavy atom. The van der Waals surface area contributed by atoms with Crippen LogP contribution in [0.25, 0.3) is 10.9 Å². The van der Waals surface area contributed by atoms with Crippen LogP contribution in [0.15, 0.2) is 54.7 Å². The van der Waals surface area contributed by atoms with Gasteiger partial charge >= 0.3 is 0 Å². The molecule has 2 aliphatic rings. The zero-order valence-corrected chi connectivity index (χ0v) is 13.5. The average molecular weight is 316 g/mol. The number of benzene rings is 2. The molecule has 2 heterocycles. The normalized spacial score (nSPS) is 22.4. The number of fused-ring (bicyclic) bond motifs is 4. The summed E-state index contributed by atoms with van der Waals surface area (Å²) < 4.78 is 0. The fourth-order valence-corrected chi connectivity index (χ4v) is 4.58. The Morgan fingerprint density at radius 3 is 3.00 bits per heavy atom. The maximum Gasteiger partial charge on any atom is 0.254 e. The molecule has 2 aromatic carbocycles. The van der Waals surface area contributed by atoms with Crippen LogP contribution in [0.1, 0.15) is 40.2 Å². The number of aromatic nitrogens is 1. The average Bonchev–Trinajstić information content (AvgIpc) is 3.24. The second-order valence-corrected chi connectivity index (χ2v) is 7.00. The minimum Gasteiger partial charge on any atom is -0.361 e. The quantitative estimate of drug-likeness (QED) is 0.720. The third-order valence-corrected chi connectivity index (χ3v) is 5.73. The molecular formula is C21H20N2O. The van der Waals surface area contributed by atoms with E-state index in [4.69, 9.17) is 0 Å². The lowest BCUT2D eigenvalue weighted by Crippen LogP contribution is -2.46. The van der Waals surface area contributed by atoms with Gasteiger partial charge in [0.1, 0.15) is 0 Å². The molecule has 0 radical (unpaired) electrons. The molecule has 1 fully saturated rings. The van der Waals surface area contributed by atoms with Gasteiger partial charge in [0.2, 0.25) is 0 Å². The highest BCUT2D eigenvalue weighted by molar-refractivity contribution is 5.98. The summed E-state index contributed by atoms with van der Waals surface area (Å²) >= 11 is 0. The van der Waals surface area contributed by atoms with E-state index in [1.165, 1.54) is 17.5 Å². The van der Waals surface area contributed by atoms with E-state index in [2.05, 4.69) is 34.1 Å². The topological polar surface area (TPSA) is 36.1 Å². The number of nitrogens with one attached hydrogen (secondary N) is 1. The molecule has 1 aliphatic heterocycles. The molecule has 1 amide bonds. The van der Waals surface area contributed by atoms with E-state index in [1.54, 1.807) is 0 Å². The third-order valence-electron chi connectivity index (χ3n) is 5.73. The van der Waals surface area contributed by atoms with Crippen molar-refractivity contribution in [2.24, 2.45) is 0 Å². The van der Waals surface area contributed by atoms with E-state index in [9.17, 15) is 4.79 Å². The van der Waals surface area contributed by atoms with E-state index < -0.39 is 0 Å². The van der Waals surface area contributed by atoms with Crippen LogP contribution >= 0.6 is 0 Å². The van der Waals surface area contributed by atoms with E-state index in [1.807, 2.05) is 30.5 Å². The van der Waals surface area contributed by atoms with Crippen LogP contribution in [0.4, 0.5) is 0 Å². The summed E-state index contributed by atoms with van der Waals surface area (Å²) in [5.41, 5.74) is 4.71. The van der Waals surface area contributed by atoms with Crippen molar-refractivity contribution in [2.75, 3.05) is 6.54 Å². The first kappa shape index (κ1) is 13.8. The van der Waals surface area contributed by atoms with Gasteiger partial charge in [-0.2, -0.15) is 0 Å². The molecule has 0 bridgehead atoms. The minimum absolute atomic E-state index is 0.175. The third kappa shape index (κ3) is 2.01. The lowest BCUT2D eigenvalue weighted by molar-refractivity contribution is 0.0595. The van der Waals surface area contributed by atoms with Gasteiger partial charge < -0.3 is 9.88 Å². The fourth-order valence-electron chi connectivity index (χ4n) is 4.58. The summed E-state index contributed by atoms with van der Waals surface area (Å²) in [5, 5.41) is 1.15. The van der Waals surface area contributed by atoms with E-state index >= 15 is 0 Å². The Kier molecular flexibility index (Phi) is 3.02. The SMILES string of the molecule is O=C(c1ccc2cc[nH]c2c1)N1CCC[C@@H]2c3ccccc3C[C@@H]21. The van der Waals surface area contributed by atoms with Crippen LogP contribution in [0.2, 0.25) is 0 Å². The second kappa shape index (κ2) is 5.23. The highest BCUT2D eigenvalue weighted by Gasteiger charge is 2.40. The number of nitrogens with zero attached hydrogens (tertiary/aromatic N) is 1. The molecule has 24 heavy (non-hydrogen) atoms. The molecule has 1 aromatic heterocycles. The number of H-pyrrole nitrogens is 1. The van der Waals surface area contributed by atoms with Crippen molar-refractivity contribution in [3.8, 4) is 0 Å². The molecule has 3 heteroatoms. The van der Waals surface area contributed by atoms with Crippen LogP contribution in [0.5, 0.6) is 0 Å². The highest BCUT2D eigenvalue weighted by Crippen LogP contribution is 2.42. The van der Waals surface area contributed by atoms with Crippen molar-refractivity contribution in [3.05, 3.63) is 71.4 Å². The molecule has 1 saturated heterocycles. The predicted molar refractivity (Wildman–Crippen MR) is 95.2 cm³/mol. The number of piperidine rings is 1. The number of hydrogen-bond acceptors (Lipinski definition) is 1. The van der Waals surface area contributed by atoms with Crippen molar-refractivity contribution in [1.29, 1.82) is 0 Å².